The Morgan fingerprint density at radius 2 is 1.80 bits per heavy atom. The van der Waals surface area contributed by atoms with Crippen molar-refractivity contribution in [3.8, 4) is 0 Å². The summed E-state index contributed by atoms with van der Waals surface area (Å²) in [5, 5.41) is 0. The molecular formula is C10H11-. The summed E-state index contributed by atoms with van der Waals surface area (Å²) in [6, 6.07) is 8.38. The topological polar surface area (TPSA) is 0 Å². The lowest BCUT2D eigenvalue weighted by molar-refractivity contribution is 1.46. The molecule has 0 radical (unpaired) electrons. The van der Waals surface area contributed by atoms with E-state index in [1.54, 1.807) is 0 Å². The van der Waals surface area contributed by atoms with Crippen molar-refractivity contribution in [2.45, 2.75) is 13.8 Å². The lowest BCUT2D eigenvalue weighted by atomic mass is 10.1. The Morgan fingerprint density at radius 1 is 1.20 bits per heavy atom. The van der Waals surface area contributed by atoms with Crippen LogP contribution in [0.15, 0.2) is 24.3 Å². The first-order valence-corrected chi connectivity index (χ1v) is 3.40. The van der Waals surface area contributed by atoms with E-state index < -0.39 is 0 Å². The number of allylic oxidation sites excluding steroid dienone is 1. The van der Waals surface area contributed by atoms with Crippen molar-refractivity contribution in [2.75, 3.05) is 0 Å². The molecule has 0 aliphatic carbocycles. The molecule has 1 aromatic rings. The van der Waals surface area contributed by atoms with Crippen molar-refractivity contribution < 1.29 is 0 Å². The van der Waals surface area contributed by atoms with E-state index in [0.717, 1.165) is 0 Å². The van der Waals surface area contributed by atoms with Crippen molar-refractivity contribution in [1.82, 2.24) is 0 Å². The van der Waals surface area contributed by atoms with E-state index in [1.165, 1.54) is 11.1 Å². The number of benzene rings is 1. The van der Waals surface area contributed by atoms with Crippen LogP contribution in [0.2, 0.25) is 0 Å². The molecule has 0 fully saturated rings. The van der Waals surface area contributed by atoms with Gasteiger partial charge in [-0.05, 0) is 6.92 Å². The monoisotopic (exact) mass is 131 g/mol. The van der Waals surface area contributed by atoms with E-state index >= 15 is 0 Å². The molecule has 0 heteroatoms. The Bertz CT molecular complexity index is 216. The Kier molecular flexibility index (Phi) is 2.27. The minimum absolute atomic E-state index is 1.22. The summed E-state index contributed by atoms with van der Waals surface area (Å²) in [6.45, 7) is 3.99. The average molecular weight is 131 g/mol. The SMILES string of the molecule is C[C-]=Cc1ccc(C)cc1. The van der Waals surface area contributed by atoms with E-state index in [0.29, 0.717) is 0 Å². The van der Waals surface area contributed by atoms with Gasteiger partial charge in [-0.3, -0.25) is 6.08 Å². The van der Waals surface area contributed by atoms with E-state index in [2.05, 4.69) is 37.3 Å². The van der Waals surface area contributed by atoms with E-state index in [1.807, 2.05) is 13.0 Å². The molecule has 0 bridgehead atoms. The van der Waals surface area contributed by atoms with Gasteiger partial charge in [0.2, 0.25) is 0 Å². The predicted octanol–water partition coefficient (Wildman–Crippen LogP) is 2.83. The molecule has 0 saturated heterocycles. The largest absolute Gasteiger partial charge is 0.278 e. The van der Waals surface area contributed by atoms with Gasteiger partial charge in [-0.1, -0.05) is 17.7 Å². The molecule has 0 amide bonds. The smallest absolute Gasteiger partial charge is 0.0399 e. The number of aryl methyl sites for hydroxylation is 1. The third-order valence-electron chi connectivity index (χ3n) is 1.39. The molecule has 0 aromatic heterocycles. The molecule has 0 N–H and O–H groups in total. The maximum atomic E-state index is 2.98. The summed E-state index contributed by atoms with van der Waals surface area (Å²) in [5.41, 5.74) is 2.52. The van der Waals surface area contributed by atoms with Crippen LogP contribution in [-0.4, -0.2) is 0 Å². The summed E-state index contributed by atoms with van der Waals surface area (Å²) in [5.74, 6) is 0. The first-order chi connectivity index (χ1) is 4.83. The molecule has 0 aliphatic heterocycles. The molecule has 0 atom stereocenters. The van der Waals surface area contributed by atoms with Crippen LogP contribution in [0.5, 0.6) is 0 Å². The van der Waals surface area contributed by atoms with Gasteiger partial charge in [-0.25, -0.2) is 6.08 Å². The van der Waals surface area contributed by atoms with Crippen LogP contribution < -0.4 is 0 Å². The Balaban J connectivity index is 2.89. The highest BCUT2D eigenvalue weighted by Crippen LogP contribution is 2.03. The number of hydrogen-bond donors (Lipinski definition) is 0. The average Bonchev–Trinajstić information content (AvgIpc) is 1.95. The van der Waals surface area contributed by atoms with Crippen LogP contribution in [0.3, 0.4) is 0 Å². The maximum absolute atomic E-state index is 2.98. The fraction of sp³-hybridized carbons (Fsp3) is 0.200. The second-order valence-corrected chi connectivity index (χ2v) is 2.34. The minimum atomic E-state index is 1.22. The van der Waals surface area contributed by atoms with Crippen LogP contribution >= 0.6 is 0 Å². The zero-order valence-electron chi connectivity index (χ0n) is 6.39. The van der Waals surface area contributed by atoms with Gasteiger partial charge in [-0.15, -0.1) is 19.1 Å². The van der Waals surface area contributed by atoms with Crippen molar-refractivity contribution in [2.24, 2.45) is 0 Å². The second kappa shape index (κ2) is 3.21. The lowest BCUT2D eigenvalue weighted by Gasteiger charge is -2.01. The molecule has 0 unspecified atom stereocenters. The van der Waals surface area contributed by atoms with Gasteiger partial charge in [0.25, 0.3) is 0 Å². The summed E-state index contributed by atoms with van der Waals surface area (Å²) in [6.07, 6.45) is 4.95. The molecule has 52 valence electrons. The molecule has 0 nitrogen and oxygen atoms in total. The zero-order chi connectivity index (χ0) is 7.40. The van der Waals surface area contributed by atoms with Crippen LogP contribution in [0.1, 0.15) is 18.1 Å². The summed E-state index contributed by atoms with van der Waals surface area (Å²) in [7, 11) is 0. The molecule has 0 spiro atoms. The quantitative estimate of drug-likeness (QED) is 0.514. The minimum Gasteiger partial charge on any atom is -0.278 e. The van der Waals surface area contributed by atoms with Gasteiger partial charge >= 0.3 is 0 Å². The number of rotatable bonds is 1. The van der Waals surface area contributed by atoms with Crippen LogP contribution in [0.4, 0.5) is 0 Å². The number of hydrogen-bond acceptors (Lipinski definition) is 0. The molecule has 0 aliphatic rings. The Labute approximate surface area is 62.2 Å². The molecule has 1 rings (SSSR count). The van der Waals surface area contributed by atoms with Crippen LogP contribution in [0, 0.1) is 13.0 Å². The van der Waals surface area contributed by atoms with Gasteiger partial charge < -0.3 is 0 Å². The normalized spacial score (nSPS) is 10.6. The first-order valence-electron chi connectivity index (χ1n) is 3.40. The standard InChI is InChI=1S/C10H11/c1-3-4-10-7-5-9(2)6-8-10/h4-8H,1-2H3/q-1. The van der Waals surface area contributed by atoms with Gasteiger partial charge in [-0.2, -0.15) is 5.56 Å². The second-order valence-electron chi connectivity index (χ2n) is 2.34. The molecular weight excluding hydrogens is 120 g/mol. The van der Waals surface area contributed by atoms with Crippen molar-refractivity contribution in [1.29, 1.82) is 0 Å². The summed E-state index contributed by atoms with van der Waals surface area (Å²) >= 11 is 0. The van der Waals surface area contributed by atoms with Gasteiger partial charge in [0, 0.05) is 0 Å². The third-order valence-corrected chi connectivity index (χ3v) is 1.39. The van der Waals surface area contributed by atoms with Gasteiger partial charge in [0.1, 0.15) is 0 Å². The van der Waals surface area contributed by atoms with Crippen molar-refractivity contribution >= 4 is 6.08 Å². The Hall–Kier alpha value is -1.04. The highest BCUT2D eigenvalue weighted by molar-refractivity contribution is 5.47. The highest BCUT2D eigenvalue weighted by atomic mass is 13.9. The van der Waals surface area contributed by atoms with Crippen molar-refractivity contribution in [3.05, 3.63) is 41.5 Å². The van der Waals surface area contributed by atoms with Crippen LogP contribution in [0.25, 0.3) is 6.08 Å². The molecule has 0 saturated carbocycles. The zero-order valence-corrected chi connectivity index (χ0v) is 6.39. The van der Waals surface area contributed by atoms with Gasteiger partial charge in [0.05, 0.1) is 0 Å². The molecule has 10 heavy (non-hydrogen) atoms. The molecule has 0 heterocycles. The first kappa shape index (κ1) is 7.07. The summed E-state index contributed by atoms with van der Waals surface area (Å²) < 4.78 is 0. The van der Waals surface area contributed by atoms with E-state index in [9.17, 15) is 0 Å². The maximum Gasteiger partial charge on any atom is -0.0399 e. The van der Waals surface area contributed by atoms with E-state index in [4.69, 9.17) is 0 Å². The predicted molar refractivity (Wildman–Crippen MR) is 44.6 cm³/mol. The highest BCUT2D eigenvalue weighted by Gasteiger charge is 1.76. The fourth-order valence-corrected chi connectivity index (χ4v) is 0.829. The van der Waals surface area contributed by atoms with Crippen LogP contribution in [-0.2, 0) is 0 Å². The lowest BCUT2D eigenvalue weighted by Crippen LogP contribution is -1.72. The van der Waals surface area contributed by atoms with Crippen molar-refractivity contribution in [3.63, 3.8) is 0 Å². The summed E-state index contributed by atoms with van der Waals surface area (Å²) in [4.78, 5) is 0. The van der Waals surface area contributed by atoms with Gasteiger partial charge in [0.15, 0.2) is 0 Å². The third kappa shape index (κ3) is 1.73. The fourth-order valence-electron chi connectivity index (χ4n) is 0.829. The van der Waals surface area contributed by atoms with E-state index in [-0.39, 0.29) is 0 Å². The Morgan fingerprint density at radius 3 is 2.30 bits per heavy atom. The molecule has 1 aromatic carbocycles.